The summed E-state index contributed by atoms with van der Waals surface area (Å²) in [5, 5.41) is 4.09. The molecule has 2 nitrogen and oxygen atoms in total. The van der Waals surface area contributed by atoms with Gasteiger partial charge in [0.15, 0.2) is 5.15 Å². The number of hydrogen-bond donors (Lipinski definition) is 1. The molecular formula is C15H15ClN2. The number of benzene rings is 1. The second kappa shape index (κ2) is 4.62. The third-order valence-electron chi connectivity index (χ3n) is 3.56. The average molecular weight is 259 g/mol. The fourth-order valence-corrected chi connectivity index (χ4v) is 2.84. The van der Waals surface area contributed by atoms with E-state index in [1.807, 2.05) is 6.07 Å². The van der Waals surface area contributed by atoms with Gasteiger partial charge in [-0.15, -0.1) is 0 Å². The summed E-state index contributed by atoms with van der Waals surface area (Å²) >= 11 is 6.16. The molecular weight excluding hydrogens is 244 g/mol. The quantitative estimate of drug-likeness (QED) is 0.819. The molecule has 0 radical (unpaired) electrons. The highest BCUT2D eigenvalue weighted by Crippen LogP contribution is 2.35. The fourth-order valence-electron chi connectivity index (χ4n) is 2.58. The Kier molecular flexibility index (Phi) is 2.96. The number of rotatable bonds is 2. The summed E-state index contributed by atoms with van der Waals surface area (Å²) in [6, 6.07) is 10.9. The molecule has 0 bridgehead atoms. The third-order valence-corrected chi connectivity index (χ3v) is 3.85. The van der Waals surface area contributed by atoms with Gasteiger partial charge < -0.3 is 5.32 Å². The van der Waals surface area contributed by atoms with Gasteiger partial charge in [0.2, 0.25) is 0 Å². The molecule has 0 saturated carbocycles. The topological polar surface area (TPSA) is 24.9 Å². The first-order chi connectivity index (χ1) is 8.75. The maximum absolute atomic E-state index is 6.16. The van der Waals surface area contributed by atoms with Crippen LogP contribution in [0, 0.1) is 6.92 Å². The summed E-state index contributed by atoms with van der Waals surface area (Å²) in [7, 11) is 0. The highest BCUT2D eigenvalue weighted by Gasteiger charge is 2.22. The van der Waals surface area contributed by atoms with Crippen molar-refractivity contribution in [3.63, 3.8) is 0 Å². The normalized spacial score (nSPS) is 17.6. The molecule has 1 heterocycles. The van der Waals surface area contributed by atoms with Crippen LogP contribution in [0.5, 0.6) is 0 Å². The third kappa shape index (κ3) is 1.97. The van der Waals surface area contributed by atoms with E-state index in [2.05, 4.69) is 41.5 Å². The molecule has 1 atom stereocenters. The van der Waals surface area contributed by atoms with Gasteiger partial charge in [-0.3, -0.25) is 0 Å². The van der Waals surface area contributed by atoms with Gasteiger partial charge in [-0.1, -0.05) is 35.9 Å². The molecule has 2 aromatic rings. The molecule has 1 unspecified atom stereocenters. The van der Waals surface area contributed by atoms with Crippen molar-refractivity contribution in [1.29, 1.82) is 0 Å². The van der Waals surface area contributed by atoms with Gasteiger partial charge in [0, 0.05) is 6.20 Å². The molecule has 3 rings (SSSR count). The minimum Gasteiger partial charge on any atom is -0.376 e. The Morgan fingerprint density at radius 2 is 2.11 bits per heavy atom. The van der Waals surface area contributed by atoms with Crippen molar-refractivity contribution >= 4 is 17.3 Å². The fraction of sp³-hybridized carbons (Fsp3) is 0.267. The van der Waals surface area contributed by atoms with E-state index in [9.17, 15) is 0 Å². The first kappa shape index (κ1) is 11.5. The standard InChI is InChI=1S/C15H15ClN2/c1-10-8-9-17-15(16)14(10)18-13-7-6-11-4-2-3-5-12(11)13/h2-5,8-9,13,18H,6-7H2,1H3. The van der Waals surface area contributed by atoms with E-state index in [0.717, 1.165) is 24.1 Å². The summed E-state index contributed by atoms with van der Waals surface area (Å²) in [5.41, 5.74) is 4.92. The Bertz CT molecular complexity index is 560. The average Bonchev–Trinajstić information content (AvgIpc) is 2.77. The number of pyridine rings is 1. The second-order valence-electron chi connectivity index (χ2n) is 4.73. The molecule has 1 aliphatic rings. The van der Waals surface area contributed by atoms with Gasteiger partial charge in [-0.25, -0.2) is 4.98 Å². The number of aryl methyl sites for hydroxylation is 2. The Morgan fingerprint density at radius 3 is 2.94 bits per heavy atom. The number of anilines is 1. The number of fused-ring (bicyclic) bond motifs is 1. The van der Waals surface area contributed by atoms with Crippen LogP contribution < -0.4 is 5.32 Å². The summed E-state index contributed by atoms with van der Waals surface area (Å²) in [5.74, 6) is 0. The van der Waals surface area contributed by atoms with Gasteiger partial charge in [0.25, 0.3) is 0 Å². The van der Waals surface area contributed by atoms with Gasteiger partial charge in [-0.2, -0.15) is 0 Å². The van der Waals surface area contributed by atoms with Crippen molar-refractivity contribution in [2.75, 3.05) is 5.32 Å². The first-order valence-electron chi connectivity index (χ1n) is 6.21. The minimum atomic E-state index is 0.349. The van der Waals surface area contributed by atoms with E-state index in [1.54, 1.807) is 6.20 Å². The maximum Gasteiger partial charge on any atom is 0.152 e. The van der Waals surface area contributed by atoms with Crippen LogP contribution in [0.2, 0.25) is 5.15 Å². The van der Waals surface area contributed by atoms with E-state index in [4.69, 9.17) is 11.6 Å². The highest BCUT2D eigenvalue weighted by atomic mass is 35.5. The number of aromatic nitrogens is 1. The van der Waals surface area contributed by atoms with Gasteiger partial charge >= 0.3 is 0 Å². The number of nitrogens with zero attached hydrogens (tertiary/aromatic N) is 1. The van der Waals surface area contributed by atoms with Crippen LogP contribution in [0.4, 0.5) is 5.69 Å². The molecule has 3 heteroatoms. The first-order valence-corrected chi connectivity index (χ1v) is 6.59. The van der Waals surface area contributed by atoms with Crippen LogP contribution >= 0.6 is 11.6 Å². The lowest BCUT2D eigenvalue weighted by Crippen LogP contribution is -2.09. The molecule has 0 spiro atoms. The lowest BCUT2D eigenvalue weighted by Gasteiger charge is -2.17. The zero-order valence-corrected chi connectivity index (χ0v) is 11.0. The SMILES string of the molecule is Cc1ccnc(Cl)c1NC1CCc2ccccc21. The van der Waals surface area contributed by atoms with Crippen molar-refractivity contribution < 1.29 is 0 Å². The summed E-state index contributed by atoms with van der Waals surface area (Å²) < 4.78 is 0. The number of nitrogens with one attached hydrogen (secondary N) is 1. The second-order valence-corrected chi connectivity index (χ2v) is 5.09. The lowest BCUT2D eigenvalue weighted by molar-refractivity contribution is 0.760. The Labute approximate surface area is 112 Å². The molecule has 1 aromatic carbocycles. The number of halogens is 1. The van der Waals surface area contributed by atoms with E-state index in [1.165, 1.54) is 11.1 Å². The zero-order valence-electron chi connectivity index (χ0n) is 10.3. The monoisotopic (exact) mass is 258 g/mol. The predicted octanol–water partition coefficient (Wildman–Crippen LogP) is 4.14. The van der Waals surface area contributed by atoms with E-state index >= 15 is 0 Å². The summed E-state index contributed by atoms with van der Waals surface area (Å²) in [6.07, 6.45) is 3.99. The van der Waals surface area contributed by atoms with Crippen molar-refractivity contribution in [3.8, 4) is 0 Å². The van der Waals surface area contributed by atoms with Crippen molar-refractivity contribution in [2.45, 2.75) is 25.8 Å². The van der Waals surface area contributed by atoms with E-state index in [-0.39, 0.29) is 0 Å². The van der Waals surface area contributed by atoms with Crippen LogP contribution in [-0.2, 0) is 6.42 Å². The van der Waals surface area contributed by atoms with Crippen molar-refractivity contribution in [2.24, 2.45) is 0 Å². The Balaban J connectivity index is 1.91. The van der Waals surface area contributed by atoms with E-state index < -0.39 is 0 Å². The largest absolute Gasteiger partial charge is 0.376 e. The predicted molar refractivity (Wildman–Crippen MR) is 75.1 cm³/mol. The van der Waals surface area contributed by atoms with Crippen LogP contribution in [-0.4, -0.2) is 4.98 Å². The minimum absolute atomic E-state index is 0.349. The van der Waals surface area contributed by atoms with Crippen LogP contribution in [0.15, 0.2) is 36.5 Å². The molecule has 0 amide bonds. The van der Waals surface area contributed by atoms with Gasteiger partial charge in [-0.05, 0) is 42.5 Å². The molecule has 18 heavy (non-hydrogen) atoms. The smallest absolute Gasteiger partial charge is 0.152 e. The van der Waals surface area contributed by atoms with Crippen molar-refractivity contribution in [1.82, 2.24) is 4.98 Å². The summed E-state index contributed by atoms with van der Waals surface area (Å²) in [4.78, 5) is 4.14. The summed E-state index contributed by atoms with van der Waals surface area (Å²) in [6.45, 7) is 2.05. The van der Waals surface area contributed by atoms with Crippen LogP contribution in [0.1, 0.15) is 29.2 Å². The van der Waals surface area contributed by atoms with Crippen LogP contribution in [0.25, 0.3) is 0 Å². The van der Waals surface area contributed by atoms with Gasteiger partial charge in [0.1, 0.15) is 0 Å². The van der Waals surface area contributed by atoms with E-state index in [0.29, 0.717) is 11.2 Å². The van der Waals surface area contributed by atoms with Crippen LogP contribution in [0.3, 0.4) is 0 Å². The molecule has 92 valence electrons. The Morgan fingerprint density at radius 1 is 1.28 bits per heavy atom. The maximum atomic E-state index is 6.16. The lowest BCUT2D eigenvalue weighted by atomic mass is 10.1. The Hall–Kier alpha value is -1.54. The molecule has 1 aromatic heterocycles. The number of hydrogen-bond acceptors (Lipinski definition) is 2. The molecule has 0 saturated heterocycles. The zero-order chi connectivity index (χ0) is 12.5. The molecule has 0 fully saturated rings. The molecule has 0 aliphatic heterocycles. The molecule has 1 aliphatic carbocycles. The van der Waals surface area contributed by atoms with Crippen molar-refractivity contribution in [3.05, 3.63) is 58.4 Å². The highest BCUT2D eigenvalue weighted by molar-refractivity contribution is 6.32. The molecule has 1 N–H and O–H groups in total. The van der Waals surface area contributed by atoms with Gasteiger partial charge in [0.05, 0.1) is 11.7 Å².